The molecular weight excluding hydrogens is 220 g/mol. The second-order valence-corrected chi connectivity index (χ2v) is 3.96. The first-order chi connectivity index (χ1) is 8.13. The number of carbonyl (C=O) groups is 2. The smallest absolute Gasteiger partial charge is 0.326 e. The summed E-state index contributed by atoms with van der Waals surface area (Å²) in [6.45, 7) is 1.88. The zero-order valence-electron chi connectivity index (χ0n) is 9.51. The minimum absolute atomic E-state index is 0.0851. The number of benzene rings is 1. The Morgan fingerprint density at radius 2 is 2.24 bits per heavy atom. The topological polar surface area (TPSA) is 69.6 Å². The Hall–Kier alpha value is -2.04. The molecule has 1 amide bonds. The summed E-state index contributed by atoms with van der Waals surface area (Å²) in [5.41, 5.74) is 1.44. The van der Waals surface area contributed by atoms with E-state index in [1.165, 1.54) is 0 Å². The van der Waals surface area contributed by atoms with Gasteiger partial charge in [-0.2, -0.15) is 0 Å². The van der Waals surface area contributed by atoms with Crippen molar-refractivity contribution in [3.8, 4) is 0 Å². The number of fused-ring (bicyclic) bond motifs is 1. The molecule has 1 heterocycles. The van der Waals surface area contributed by atoms with Gasteiger partial charge in [0.2, 0.25) is 5.91 Å². The number of hydrogen-bond donors (Lipinski definition) is 2. The van der Waals surface area contributed by atoms with Gasteiger partial charge < -0.3 is 15.3 Å². The van der Waals surface area contributed by atoms with E-state index in [0.717, 1.165) is 5.69 Å². The molecule has 0 bridgehead atoms. The lowest BCUT2D eigenvalue weighted by atomic mass is 10.1. The number of amides is 1. The zero-order chi connectivity index (χ0) is 12.4. The van der Waals surface area contributed by atoms with Gasteiger partial charge in [0.1, 0.15) is 6.04 Å². The lowest BCUT2D eigenvalue weighted by Gasteiger charge is -2.34. The van der Waals surface area contributed by atoms with Crippen molar-refractivity contribution in [2.45, 2.75) is 19.4 Å². The van der Waals surface area contributed by atoms with Gasteiger partial charge in [-0.3, -0.25) is 4.79 Å². The van der Waals surface area contributed by atoms with Crippen molar-refractivity contribution in [3.05, 3.63) is 24.3 Å². The fraction of sp³-hybridized carbons (Fsp3) is 0.333. The molecule has 1 aromatic carbocycles. The zero-order valence-corrected chi connectivity index (χ0v) is 9.51. The largest absolute Gasteiger partial charge is 0.480 e. The summed E-state index contributed by atoms with van der Waals surface area (Å²) in [4.78, 5) is 24.3. The van der Waals surface area contributed by atoms with Crippen LogP contribution in [0.25, 0.3) is 0 Å². The molecule has 0 fully saturated rings. The molecule has 1 aliphatic heterocycles. The van der Waals surface area contributed by atoms with E-state index in [1.807, 2.05) is 18.2 Å². The first kappa shape index (κ1) is 11.4. The lowest BCUT2D eigenvalue weighted by molar-refractivity contribution is -0.138. The van der Waals surface area contributed by atoms with Gasteiger partial charge in [0, 0.05) is 0 Å². The molecule has 0 saturated carbocycles. The summed E-state index contributed by atoms with van der Waals surface area (Å²) in [5.74, 6) is -1.08. The Labute approximate surface area is 99.0 Å². The number of hydrogen-bond acceptors (Lipinski definition) is 3. The van der Waals surface area contributed by atoms with Crippen LogP contribution in [0.1, 0.15) is 13.3 Å². The second kappa shape index (κ2) is 4.45. The molecule has 0 radical (unpaired) electrons. The fourth-order valence-corrected chi connectivity index (χ4v) is 2.07. The number of rotatable bonds is 3. The summed E-state index contributed by atoms with van der Waals surface area (Å²) in [6, 6.07) is 6.57. The van der Waals surface area contributed by atoms with E-state index in [-0.39, 0.29) is 12.5 Å². The Morgan fingerprint density at radius 3 is 2.88 bits per heavy atom. The predicted molar refractivity (Wildman–Crippen MR) is 64.1 cm³/mol. The number of carboxylic acid groups (broad SMARTS) is 1. The van der Waals surface area contributed by atoms with Crippen LogP contribution in [0.15, 0.2) is 24.3 Å². The summed E-state index contributed by atoms with van der Waals surface area (Å²) < 4.78 is 0. The molecule has 2 N–H and O–H groups in total. The average Bonchev–Trinajstić information content (AvgIpc) is 2.29. The first-order valence-electron chi connectivity index (χ1n) is 5.51. The molecule has 17 heavy (non-hydrogen) atoms. The van der Waals surface area contributed by atoms with Crippen LogP contribution in [0.5, 0.6) is 0 Å². The van der Waals surface area contributed by atoms with Gasteiger partial charge in [-0.25, -0.2) is 4.79 Å². The van der Waals surface area contributed by atoms with Crippen molar-refractivity contribution in [1.29, 1.82) is 0 Å². The Bertz CT molecular complexity index is 459. The molecule has 0 spiro atoms. The number of anilines is 2. The number of nitrogens with one attached hydrogen (secondary N) is 1. The molecule has 1 atom stereocenters. The van der Waals surface area contributed by atoms with Crippen LogP contribution in [-0.4, -0.2) is 29.6 Å². The van der Waals surface area contributed by atoms with E-state index in [0.29, 0.717) is 12.1 Å². The Balaban J connectivity index is 2.41. The normalized spacial score (nSPS) is 16.1. The molecule has 1 unspecified atom stereocenters. The highest BCUT2D eigenvalue weighted by Gasteiger charge is 2.30. The maximum atomic E-state index is 11.5. The maximum absolute atomic E-state index is 11.5. The molecule has 0 saturated heterocycles. The second-order valence-electron chi connectivity index (χ2n) is 3.96. The van der Waals surface area contributed by atoms with Crippen molar-refractivity contribution in [2.75, 3.05) is 16.8 Å². The van der Waals surface area contributed by atoms with Gasteiger partial charge in [0.15, 0.2) is 0 Å². The maximum Gasteiger partial charge on any atom is 0.326 e. The summed E-state index contributed by atoms with van der Waals surface area (Å²) in [5, 5.41) is 11.9. The van der Waals surface area contributed by atoms with Gasteiger partial charge in [0.25, 0.3) is 0 Å². The number of nitrogens with zero attached hydrogens (tertiary/aromatic N) is 1. The monoisotopic (exact) mass is 234 g/mol. The highest BCUT2D eigenvalue weighted by molar-refractivity contribution is 6.02. The van der Waals surface area contributed by atoms with Gasteiger partial charge in [-0.15, -0.1) is 0 Å². The van der Waals surface area contributed by atoms with Crippen molar-refractivity contribution in [3.63, 3.8) is 0 Å². The van der Waals surface area contributed by atoms with E-state index in [1.54, 1.807) is 17.9 Å². The van der Waals surface area contributed by atoms with Crippen molar-refractivity contribution >= 4 is 23.3 Å². The number of carbonyl (C=O) groups excluding carboxylic acids is 1. The standard InChI is InChI=1S/C12H14N2O3/c1-2-9(12(16)17)14-7-11(15)13-8-5-3-4-6-10(8)14/h3-6,9H,2,7H2,1H3,(H,13,15)(H,16,17). The summed E-state index contributed by atoms with van der Waals surface area (Å²) in [7, 11) is 0. The van der Waals surface area contributed by atoms with Gasteiger partial charge in [-0.05, 0) is 18.6 Å². The SMILES string of the molecule is CCC(C(=O)O)N1CC(=O)Nc2ccccc21. The summed E-state index contributed by atoms with van der Waals surface area (Å²) >= 11 is 0. The van der Waals surface area contributed by atoms with Crippen molar-refractivity contribution in [2.24, 2.45) is 0 Å². The minimum Gasteiger partial charge on any atom is -0.480 e. The molecule has 1 aromatic rings. The average molecular weight is 234 g/mol. The van der Waals surface area contributed by atoms with Crippen molar-refractivity contribution in [1.82, 2.24) is 0 Å². The van der Waals surface area contributed by atoms with E-state index in [4.69, 9.17) is 5.11 Å². The van der Waals surface area contributed by atoms with Crippen LogP contribution in [0.4, 0.5) is 11.4 Å². The van der Waals surface area contributed by atoms with E-state index < -0.39 is 12.0 Å². The predicted octanol–water partition coefficient (Wildman–Crippen LogP) is 1.31. The molecule has 2 rings (SSSR count). The molecule has 0 aliphatic carbocycles. The van der Waals surface area contributed by atoms with Crippen LogP contribution in [-0.2, 0) is 9.59 Å². The molecular formula is C12H14N2O3. The van der Waals surface area contributed by atoms with Gasteiger partial charge in [-0.1, -0.05) is 19.1 Å². The van der Waals surface area contributed by atoms with Crippen LogP contribution < -0.4 is 10.2 Å². The van der Waals surface area contributed by atoms with Crippen LogP contribution in [0.3, 0.4) is 0 Å². The van der Waals surface area contributed by atoms with Crippen LogP contribution in [0, 0.1) is 0 Å². The number of carboxylic acids is 1. The molecule has 5 nitrogen and oxygen atoms in total. The third kappa shape index (κ3) is 2.08. The van der Waals surface area contributed by atoms with E-state index in [9.17, 15) is 9.59 Å². The minimum atomic E-state index is -0.906. The lowest BCUT2D eigenvalue weighted by Crippen LogP contribution is -2.48. The van der Waals surface area contributed by atoms with Gasteiger partial charge >= 0.3 is 5.97 Å². The quantitative estimate of drug-likeness (QED) is 0.827. The molecule has 1 aliphatic rings. The molecule has 90 valence electrons. The summed E-state index contributed by atoms with van der Waals surface area (Å²) in [6.07, 6.45) is 0.455. The highest BCUT2D eigenvalue weighted by atomic mass is 16.4. The first-order valence-corrected chi connectivity index (χ1v) is 5.51. The van der Waals surface area contributed by atoms with Crippen LogP contribution in [0.2, 0.25) is 0 Å². The number of para-hydroxylation sites is 2. The third-order valence-electron chi connectivity index (χ3n) is 2.85. The highest BCUT2D eigenvalue weighted by Crippen LogP contribution is 2.30. The van der Waals surface area contributed by atoms with E-state index in [2.05, 4.69) is 5.32 Å². The Kier molecular flexibility index (Phi) is 2.99. The van der Waals surface area contributed by atoms with Crippen LogP contribution >= 0.6 is 0 Å². The van der Waals surface area contributed by atoms with Gasteiger partial charge in [0.05, 0.1) is 17.9 Å². The fourth-order valence-electron chi connectivity index (χ4n) is 2.07. The van der Waals surface area contributed by atoms with E-state index >= 15 is 0 Å². The van der Waals surface area contributed by atoms with Crippen molar-refractivity contribution < 1.29 is 14.7 Å². The Morgan fingerprint density at radius 1 is 1.53 bits per heavy atom. The molecule has 0 aromatic heterocycles. The number of aliphatic carboxylic acids is 1. The molecule has 5 heteroatoms. The third-order valence-corrected chi connectivity index (χ3v) is 2.85.